The molecule has 4 aliphatic rings. The fourth-order valence-corrected chi connectivity index (χ4v) is 6.20. The Morgan fingerprint density at radius 3 is 2.10 bits per heavy atom. The molecule has 1 heterocycles. The van der Waals surface area contributed by atoms with Gasteiger partial charge >= 0.3 is 6.09 Å². The highest BCUT2D eigenvalue weighted by Crippen LogP contribution is 2.62. The molecule has 1 unspecified atom stereocenters. The topological polar surface area (TPSA) is 56.8 Å². The normalized spacial score (nSPS) is 32.3. The molecule has 5 nitrogen and oxygen atoms in total. The summed E-state index contributed by atoms with van der Waals surface area (Å²) in [5.74, 6) is 0.707. The second kappa shape index (κ2) is 7.06. The van der Waals surface area contributed by atoms with Crippen LogP contribution in [0.1, 0.15) is 77.3 Å². The molecule has 2 bridgehead atoms. The van der Waals surface area contributed by atoms with Crippen molar-refractivity contribution in [1.29, 1.82) is 0 Å². The van der Waals surface area contributed by atoms with Gasteiger partial charge in [-0.3, -0.25) is 0 Å². The van der Waals surface area contributed by atoms with Crippen LogP contribution in [-0.4, -0.2) is 23.0 Å². The van der Waals surface area contributed by atoms with Crippen molar-refractivity contribution in [2.45, 2.75) is 97.0 Å². The van der Waals surface area contributed by atoms with E-state index in [1.165, 1.54) is 0 Å². The van der Waals surface area contributed by atoms with Crippen LogP contribution in [0.3, 0.4) is 0 Å². The summed E-state index contributed by atoms with van der Waals surface area (Å²) in [6.45, 7) is 11.9. The van der Waals surface area contributed by atoms with Crippen molar-refractivity contribution >= 4 is 40.3 Å². The highest BCUT2D eigenvalue weighted by molar-refractivity contribution is 14.1. The van der Waals surface area contributed by atoms with E-state index < -0.39 is 11.4 Å². The predicted octanol–water partition coefficient (Wildman–Crippen LogP) is 6.67. The van der Waals surface area contributed by atoms with Gasteiger partial charge < -0.3 is 19.5 Å². The second-order valence-electron chi connectivity index (χ2n) is 10.4. The number of amides is 1. The Hall–Kier alpha value is -0.890. The van der Waals surface area contributed by atoms with Gasteiger partial charge in [-0.25, -0.2) is 4.79 Å². The van der Waals surface area contributed by atoms with Crippen LogP contribution in [0, 0.1) is 22.8 Å². The van der Waals surface area contributed by atoms with E-state index in [0.29, 0.717) is 10.8 Å². The molecule has 30 heavy (non-hydrogen) atoms. The number of hydrogen-bond acceptors (Lipinski definition) is 4. The molecule has 0 aromatic heterocycles. The van der Waals surface area contributed by atoms with Crippen molar-refractivity contribution in [2.24, 2.45) is 5.41 Å². The molecule has 5 rings (SSSR count). The first kappa shape index (κ1) is 22.3. The smallest absolute Gasteiger partial charge is 0.408 e. The van der Waals surface area contributed by atoms with E-state index in [-0.39, 0.29) is 17.0 Å². The first-order chi connectivity index (χ1) is 13.8. The highest BCUT2D eigenvalue weighted by atomic mass is 127. The van der Waals surface area contributed by atoms with Crippen molar-refractivity contribution in [3.63, 3.8) is 0 Å². The van der Waals surface area contributed by atoms with Gasteiger partial charge in [0, 0.05) is 21.4 Å². The number of carbonyl (C=O) groups excluding carboxylic acids is 1. The Balaban J connectivity index is 1.53. The van der Waals surface area contributed by atoms with Crippen LogP contribution in [0.25, 0.3) is 0 Å². The fourth-order valence-electron chi connectivity index (χ4n) is 5.28. The number of rotatable bonds is 2. The Kier molecular flexibility index (Phi) is 5.25. The van der Waals surface area contributed by atoms with Crippen LogP contribution >= 0.6 is 34.2 Å². The minimum atomic E-state index is -0.751. The maximum Gasteiger partial charge on any atom is 0.408 e. The number of hydrogen-bond donors (Lipinski definition) is 1. The molecule has 1 N–H and O–H groups in total. The van der Waals surface area contributed by atoms with Crippen molar-refractivity contribution in [1.82, 2.24) is 5.32 Å². The van der Waals surface area contributed by atoms with Gasteiger partial charge in [0.1, 0.15) is 10.6 Å². The van der Waals surface area contributed by atoms with E-state index in [1.54, 1.807) is 0 Å². The van der Waals surface area contributed by atoms with Crippen LogP contribution in [0.2, 0.25) is 5.02 Å². The van der Waals surface area contributed by atoms with E-state index in [2.05, 4.69) is 48.7 Å². The quantitative estimate of drug-likeness (QED) is 0.420. The summed E-state index contributed by atoms with van der Waals surface area (Å²) in [6.07, 6.45) is 5.16. The molecule has 1 aromatic rings. The highest BCUT2D eigenvalue weighted by Gasteiger charge is 2.62. The summed E-state index contributed by atoms with van der Waals surface area (Å²) in [6, 6.07) is 0. The van der Waals surface area contributed by atoms with E-state index >= 15 is 0 Å². The lowest BCUT2D eigenvalue weighted by Gasteiger charge is -2.57. The molecule has 0 spiro atoms. The first-order valence-electron chi connectivity index (χ1n) is 10.7. The van der Waals surface area contributed by atoms with Gasteiger partial charge in [-0.2, -0.15) is 0 Å². The minimum Gasteiger partial charge on any atom is -0.448 e. The van der Waals surface area contributed by atoms with Crippen LogP contribution in [0.4, 0.5) is 4.79 Å². The third-order valence-corrected chi connectivity index (χ3v) is 9.43. The van der Waals surface area contributed by atoms with Gasteiger partial charge in [0.15, 0.2) is 11.5 Å². The van der Waals surface area contributed by atoms with Gasteiger partial charge in [-0.1, -0.05) is 11.6 Å². The summed E-state index contributed by atoms with van der Waals surface area (Å²) in [5.41, 5.74) is 1.44. The van der Waals surface area contributed by atoms with E-state index in [0.717, 1.165) is 59.0 Å². The first-order valence-corrected chi connectivity index (χ1v) is 12.1. The molecule has 1 aromatic carbocycles. The maximum atomic E-state index is 12.4. The molecule has 0 radical (unpaired) electrons. The largest absolute Gasteiger partial charge is 0.448 e. The second-order valence-corrected chi connectivity index (χ2v) is 11.8. The molecule has 1 aliphatic heterocycles. The summed E-state index contributed by atoms with van der Waals surface area (Å²) >= 11 is 8.92. The monoisotopic (exact) mass is 547 g/mol. The van der Waals surface area contributed by atoms with Crippen LogP contribution in [0.15, 0.2) is 0 Å². The van der Waals surface area contributed by atoms with Crippen molar-refractivity contribution < 1.29 is 19.0 Å². The summed E-state index contributed by atoms with van der Waals surface area (Å²) in [7, 11) is 0. The summed E-state index contributed by atoms with van der Waals surface area (Å²) in [4.78, 5) is 12.4. The lowest BCUT2D eigenvalue weighted by molar-refractivity contribution is -0.203. The Bertz CT molecular complexity index is 846. The number of nitrogens with one attached hydrogen (secondary N) is 1. The zero-order valence-corrected chi connectivity index (χ0v) is 21.5. The molecule has 3 aliphatic carbocycles. The molecule has 1 atom stereocenters. The minimum absolute atomic E-state index is 0.0987. The number of ether oxygens (including phenoxy) is 3. The predicted molar refractivity (Wildman–Crippen MR) is 126 cm³/mol. The summed E-state index contributed by atoms with van der Waals surface area (Å²) < 4.78 is 19.6. The number of fused-ring (bicyclic) bond motifs is 4. The Morgan fingerprint density at radius 2 is 1.57 bits per heavy atom. The van der Waals surface area contributed by atoms with Gasteiger partial charge in [0.2, 0.25) is 0 Å². The zero-order chi connectivity index (χ0) is 22.1. The van der Waals surface area contributed by atoms with E-state index in [4.69, 9.17) is 25.8 Å². The van der Waals surface area contributed by atoms with Crippen molar-refractivity contribution in [3.8, 4) is 11.5 Å². The maximum absolute atomic E-state index is 12.4. The average molecular weight is 548 g/mol. The molecule has 7 heteroatoms. The summed E-state index contributed by atoms with van der Waals surface area (Å²) in [5, 5.41) is 3.82. The molecule has 3 saturated carbocycles. The van der Waals surface area contributed by atoms with Crippen molar-refractivity contribution in [3.05, 3.63) is 19.7 Å². The lowest BCUT2D eigenvalue weighted by atomic mass is 9.54. The molecule has 3 fully saturated rings. The molecule has 1 amide bonds. The molecule has 0 saturated heterocycles. The van der Waals surface area contributed by atoms with Crippen LogP contribution in [-0.2, 0) is 4.74 Å². The zero-order valence-electron chi connectivity index (χ0n) is 18.6. The SMILES string of the molecule is Cc1c(C)c2c(c(Cl)c1I)OC(C)(C13CCC(NC(=O)OC(C)(C)C)(CC1)CC3)O2. The van der Waals surface area contributed by atoms with Crippen LogP contribution < -0.4 is 14.8 Å². The molecule has 166 valence electrons. The van der Waals surface area contributed by atoms with Crippen LogP contribution in [0.5, 0.6) is 11.5 Å². The molecular weight excluding hydrogens is 517 g/mol. The molecular formula is C23H31ClINO4. The number of carbonyl (C=O) groups is 1. The van der Waals surface area contributed by atoms with Gasteiger partial charge in [0.25, 0.3) is 5.79 Å². The third-order valence-electron chi connectivity index (χ3n) is 7.40. The van der Waals surface area contributed by atoms with Gasteiger partial charge in [0.05, 0.1) is 0 Å². The Labute approximate surface area is 197 Å². The number of benzene rings is 1. The van der Waals surface area contributed by atoms with E-state index in [9.17, 15) is 4.79 Å². The number of alkyl carbamates (subject to hydrolysis) is 1. The van der Waals surface area contributed by atoms with Crippen molar-refractivity contribution in [2.75, 3.05) is 0 Å². The van der Waals surface area contributed by atoms with E-state index in [1.807, 2.05) is 20.8 Å². The standard InChI is InChI=1S/C23H31ClINO4/c1-13-14(2)17-18(15(24)16(13)25)29-21(6,28-17)22-7-10-23(11-8-22,12-9-22)26-19(27)30-20(3,4)5/h7-12H2,1-6H3,(H,26,27). The fraction of sp³-hybridized carbons (Fsp3) is 0.696. The van der Waals surface area contributed by atoms with Gasteiger partial charge in [-0.15, -0.1) is 0 Å². The third kappa shape index (κ3) is 3.46. The Morgan fingerprint density at radius 1 is 1.03 bits per heavy atom. The lowest BCUT2D eigenvalue weighted by Crippen LogP contribution is -2.64. The van der Waals surface area contributed by atoms with Gasteiger partial charge in [-0.05, 0) is 107 Å². The average Bonchev–Trinajstić information content (AvgIpc) is 3.04. The number of halogens is 2.